The van der Waals surface area contributed by atoms with Crippen molar-refractivity contribution < 1.29 is 20.9 Å². The molecule has 0 aromatic carbocycles. The van der Waals surface area contributed by atoms with Gasteiger partial charge in [-0.25, -0.2) is 0 Å². The third-order valence-electron chi connectivity index (χ3n) is 1.69. The first-order valence-corrected chi connectivity index (χ1v) is 3.01. The molecule has 1 rings (SSSR count). The van der Waals surface area contributed by atoms with Gasteiger partial charge in [0, 0.05) is 6.42 Å². The third kappa shape index (κ3) is 3.42. The monoisotopic (exact) mass is 150 g/mol. The quantitative estimate of drug-likeness (QED) is 0.579. The van der Waals surface area contributed by atoms with Crippen LogP contribution in [-0.4, -0.2) is 22.0 Å². The zero-order chi connectivity index (χ0) is 5.98. The van der Waals surface area contributed by atoms with E-state index in [2.05, 4.69) is 0 Å². The van der Waals surface area contributed by atoms with Gasteiger partial charge in [0.25, 0.3) is 0 Å². The molecule has 0 bridgehead atoms. The molecule has 10 heavy (non-hydrogen) atoms. The molecular formula is C6H14O4. The molecule has 4 nitrogen and oxygen atoms in total. The second-order valence-corrected chi connectivity index (χ2v) is 2.39. The van der Waals surface area contributed by atoms with Crippen LogP contribution in [0.2, 0.25) is 0 Å². The van der Waals surface area contributed by atoms with Crippen LogP contribution in [-0.2, 0) is 4.79 Å². The van der Waals surface area contributed by atoms with Crippen LogP contribution in [0, 0.1) is 5.92 Å². The summed E-state index contributed by atoms with van der Waals surface area (Å²) >= 11 is 0. The summed E-state index contributed by atoms with van der Waals surface area (Å²) in [6.45, 7) is 0. The second-order valence-electron chi connectivity index (χ2n) is 2.39. The molecule has 0 aromatic heterocycles. The number of carboxylic acids is 1. The number of hydrogen-bond donors (Lipinski definition) is 1. The van der Waals surface area contributed by atoms with E-state index in [-0.39, 0.29) is 11.0 Å². The molecule has 1 aliphatic rings. The molecule has 0 heterocycles. The molecule has 4 heteroatoms. The highest BCUT2D eigenvalue weighted by molar-refractivity contribution is 5.67. The van der Waals surface area contributed by atoms with Gasteiger partial charge >= 0.3 is 5.97 Å². The second kappa shape index (κ2) is 5.20. The Bertz CT molecular complexity index is 97.9. The van der Waals surface area contributed by atoms with Crippen molar-refractivity contribution in [1.29, 1.82) is 0 Å². The lowest BCUT2D eigenvalue weighted by Crippen LogP contribution is -2.14. The van der Waals surface area contributed by atoms with Crippen molar-refractivity contribution >= 4 is 5.97 Å². The minimum absolute atomic E-state index is 0. The molecule has 1 saturated carbocycles. The van der Waals surface area contributed by atoms with Gasteiger partial charge in [0.2, 0.25) is 0 Å². The average Bonchev–Trinajstić information content (AvgIpc) is 1.55. The molecule has 5 N–H and O–H groups in total. The SMILES string of the molecule is O.O.O=C(O)CC1CCC1. The van der Waals surface area contributed by atoms with Crippen LogP contribution in [0.1, 0.15) is 25.7 Å². The summed E-state index contributed by atoms with van der Waals surface area (Å²) in [5, 5.41) is 8.25. The minimum Gasteiger partial charge on any atom is -0.481 e. The molecule has 0 atom stereocenters. The largest absolute Gasteiger partial charge is 0.481 e. The maximum atomic E-state index is 10.0. The van der Waals surface area contributed by atoms with Gasteiger partial charge in [-0.3, -0.25) is 4.79 Å². The fourth-order valence-electron chi connectivity index (χ4n) is 0.944. The summed E-state index contributed by atoms with van der Waals surface area (Å²) in [6, 6.07) is 0. The van der Waals surface area contributed by atoms with E-state index in [4.69, 9.17) is 5.11 Å². The number of carbonyl (C=O) groups is 1. The molecule has 0 aromatic rings. The Morgan fingerprint density at radius 3 is 2.00 bits per heavy atom. The Kier molecular flexibility index (Phi) is 6.29. The zero-order valence-electron chi connectivity index (χ0n) is 5.76. The summed E-state index contributed by atoms with van der Waals surface area (Å²) in [5.74, 6) is -0.137. The first kappa shape index (κ1) is 12.1. The van der Waals surface area contributed by atoms with E-state index < -0.39 is 5.97 Å². The van der Waals surface area contributed by atoms with Gasteiger partial charge in [-0.2, -0.15) is 0 Å². The van der Waals surface area contributed by atoms with E-state index in [1.54, 1.807) is 0 Å². The topological polar surface area (TPSA) is 100 Å². The first-order chi connectivity index (χ1) is 3.79. The molecule has 0 amide bonds. The van der Waals surface area contributed by atoms with Crippen molar-refractivity contribution in [3.63, 3.8) is 0 Å². The van der Waals surface area contributed by atoms with Gasteiger partial charge in [0.05, 0.1) is 0 Å². The highest BCUT2D eigenvalue weighted by Crippen LogP contribution is 2.28. The number of carboxylic acid groups (broad SMARTS) is 1. The average molecular weight is 150 g/mol. The predicted molar refractivity (Wildman–Crippen MR) is 36.8 cm³/mol. The van der Waals surface area contributed by atoms with Crippen LogP contribution < -0.4 is 0 Å². The number of aliphatic carboxylic acids is 1. The van der Waals surface area contributed by atoms with Crippen molar-refractivity contribution in [1.82, 2.24) is 0 Å². The van der Waals surface area contributed by atoms with Gasteiger partial charge in [-0.05, 0) is 18.8 Å². The van der Waals surface area contributed by atoms with Gasteiger partial charge in [0.15, 0.2) is 0 Å². The Balaban J connectivity index is 0. The molecular weight excluding hydrogens is 136 g/mol. The zero-order valence-corrected chi connectivity index (χ0v) is 5.76. The van der Waals surface area contributed by atoms with Crippen LogP contribution in [0.15, 0.2) is 0 Å². The van der Waals surface area contributed by atoms with Gasteiger partial charge in [-0.15, -0.1) is 0 Å². The van der Waals surface area contributed by atoms with Crippen molar-refractivity contribution in [2.75, 3.05) is 0 Å². The summed E-state index contributed by atoms with van der Waals surface area (Å²) < 4.78 is 0. The lowest BCUT2D eigenvalue weighted by Gasteiger charge is -2.22. The van der Waals surface area contributed by atoms with Gasteiger partial charge in [-0.1, -0.05) is 6.42 Å². The molecule has 1 fully saturated rings. The van der Waals surface area contributed by atoms with Crippen LogP contribution >= 0.6 is 0 Å². The Morgan fingerprint density at radius 1 is 1.40 bits per heavy atom. The van der Waals surface area contributed by atoms with Crippen LogP contribution in [0.3, 0.4) is 0 Å². The number of hydrogen-bond acceptors (Lipinski definition) is 1. The van der Waals surface area contributed by atoms with Crippen LogP contribution in [0.5, 0.6) is 0 Å². The van der Waals surface area contributed by atoms with Crippen LogP contribution in [0.4, 0.5) is 0 Å². The van der Waals surface area contributed by atoms with Crippen molar-refractivity contribution in [3.05, 3.63) is 0 Å². The highest BCUT2D eigenvalue weighted by Gasteiger charge is 2.19. The van der Waals surface area contributed by atoms with E-state index >= 15 is 0 Å². The normalized spacial score (nSPS) is 16.0. The summed E-state index contributed by atoms with van der Waals surface area (Å²) in [7, 11) is 0. The van der Waals surface area contributed by atoms with Gasteiger partial charge in [0.1, 0.15) is 0 Å². The van der Waals surface area contributed by atoms with Crippen molar-refractivity contribution in [3.8, 4) is 0 Å². The highest BCUT2D eigenvalue weighted by atomic mass is 16.4. The van der Waals surface area contributed by atoms with E-state index in [1.165, 1.54) is 6.42 Å². The number of rotatable bonds is 2. The molecule has 62 valence electrons. The van der Waals surface area contributed by atoms with Crippen LogP contribution in [0.25, 0.3) is 0 Å². The molecule has 1 aliphatic carbocycles. The summed E-state index contributed by atoms with van der Waals surface area (Å²) in [5.41, 5.74) is 0. The predicted octanol–water partition coefficient (Wildman–Crippen LogP) is -0.388. The molecule has 0 aliphatic heterocycles. The van der Waals surface area contributed by atoms with E-state index in [0.29, 0.717) is 12.3 Å². The Labute approximate surface area is 59.5 Å². The summed E-state index contributed by atoms with van der Waals surface area (Å²) in [6.07, 6.45) is 3.89. The van der Waals surface area contributed by atoms with Crippen molar-refractivity contribution in [2.45, 2.75) is 25.7 Å². The molecule has 0 radical (unpaired) electrons. The third-order valence-corrected chi connectivity index (χ3v) is 1.69. The maximum absolute atomic E-state index is 10.0. The smallest absolute Gasteiger partial charge is 0.303 e. The Hall–Kier alpha value is -0.610. The Morgan fingerprint density at radius 2 is 1.90 bits per heavy atom. The molecule has 0 spiro atoms. The first-order valence-electron chi connectivity index (χ1n) is 3.01. The molecule has 0 saturated heterocycles. The molecule has 0 unspecified atom stereocenters. The fraction of sp³-hybridized carbons (Fsp3) is 0.833. The summed E-state index contributed by atoms with van der Waals surface area (Å²) in [4.78, 5) is 10.0. The maximum Gasteiger partial charge on any atom is 0.303 e. The van der Waals surface area contributed by atoms with E-state index in [0.717, 1.165) is 12.8 Å². The lowest BCUT2D eigenvalue weighted by molar-refractivity contribution is -0.138. The van der Waals surface area contributed by atoms with Gasteiger partial charge < -0.3 is 16.1 Å². The fourth-order valence-corrected chi connectivity index (χ4v) is 0.944. The lowest BCUT2D eigenvalue weighted by atomic mass is 9.83. The van der Waals surface area contributed by atoms with E-state index in [9.17, 15) is 4.79 Å². The van der Waals surface area contributed by atoms with E-state index in [1.807, 2.05) is 0 Å². The standard InChI is InChI=1S/C6H10O2.2H2O/c7-6(8)4-5-2-1-3-5;;/h5H,1-4H2,(H,7,8);2*1H2. The van der Waals surface area contributed by atoms with Crippen molar-refractivity contribution in [2.24, 2.45) is 5.92 Å². The minimum atomic E-state index is -0.644.